The summed E-state index contributed by atoms with van der Waals surface area (Å²) in [5, 5.41) is 0. The molecule has 66 valence electrons. The van der Waals surface area contributed by atoms with E-state index in [9.17, 15) is 0 Å². The first-order valence-corrected chi connectivity index (χ1v) is 6.20. The van der Waals surface area contributed by atoms with Crippen LogP contribution >= 0.6 is 21.7 Å². The summed E-state index contributed by atoms with van der Waals surface area (Å²) in [7, 11) is 6.95. The van der Waals surface area contributed by atoms with Crippen LogP contribution in [0.5, 0.6) is 0 Å². The fourth-order valence-corrected chi connectivity index (χ4v) is 2.09. The summed E-state index contributed by atoms with van der Waals surface area (Å²) >= 11 is 0. The second-order valence-electron chi connectivity index (χ2n) is 3.07. The normalized spacial score (nSPS) is 20.5. The standard InChI is InChI=1S/C8H16ClNS/c9-11-8-4-7-10-5-2-1-3-6-10/h1-8H2. The van der Waals surface area contributed by atoms with E-state index >= 15 is 0 Å². The number of likely N-dealkylation sites (tertiary alicyclic amines) is 1. The van der Waals surface area contributed by atoms with Crippen molar-refractivity contribution in [2.24, 2.45) is 0 Å². The van der Waals surface area contributed by atoms with Crippen LogP contribution in [0.4, 0.5) is 0 Å². The average Bonchev–Trinajstić information content (AvgIpc) is 2.07. The Bertz CT molecular complexity index is 94.1. The van der Waals surface area contributed by atoms with Gasteiger partial charge in [0.2, 0.25) is 0 Å². The number of hydrogen-bond donors (Lipinski definition) is 0. The van der Waals surface area contributed by atoms with Crippen LogP contribution < -0.4 is 0 Å². The molecule has 1 heterocycles. The van der Waals surface area contributed by atoms with Crippen LogP contribution in [-0.4, -0.2) is 30.3 Å². The lowest BCUT2D eigenvalue weighted by Crippen LogP contribution is -2.30. The largest absolute Gasteiger partial charge is 0.303 e. The first kappa shape index (κ1) is 9.69. The van der Waals surface area contributed by atoms with Gasteiger partial charge in [-0.05, 0) is 49.6 Å². The Morgan fingerprint density at radius 2 is 1.91 bits per heavy atom. The summed E-state index contributed by atoms with van der Waals surface area (Å²) < 4.78 is 0. The van der Waals surface area contributed by atoms with E-state index in [1.54, 1.807) is 0 Å². The molecule has 1 fully saturated rings. The third-order valence-electron chi connectivity index (χ3n) is 2.14. The highest BCUT2D eigenvalue weighted by molar-refractivity contribution is 8.21. The van der Waals surface area contributed by atoms with E-state index in [0.717, 1.165) is 5.75 Å². The molecule has 1 aliphatic rings. The SMILES string of the molecule is ClSCCCN1CCCCC1. The highest BCUT2D eigenvalue weighted by Crippen LogP contribution is 2.11. The van der Waals surface area contributed by atoms with Crippen LogP contribution in [0.25, 0.3) is 0 Å². The van der Waals surface area contributed by atoms with Gasteiger partial charge >= 0.3 is 0 Å². The average molecular weight is 194 g/mol. The van der Waals surface area contributed by atoms with E-state index in [1.807, 2.05) is 0 Å². The van der Waals surface area contributed by atoms with Crippen molar-refractivity contribution in [1.29, 1.82) is 0 Å². The van der Waals surface area contributed by atoms with Gasteiger partial charge in [-0.3, -0.25) is 0 Å². The minimum Gasteiger partial charge on any atom is -0.303 e. The zero-order valence-corrected chi connectivity index (χ0v) is 8.46. The van der Waals surface area contributed by atoms with Gasteiger partial charge in [0.1, 0.15) is 0 Å². The van der Waals surface area contributed by atoms with Gasteiger partial charge in [-0.1, -0.05) is 17.4 Å². The minimum atomic E-state index is 1.10. The van der Waals surface area contributed by atoms with Gasteiger partial charge in [0.25, 0.3) is 0 Å². The number of nitrogens with zero attached hydrogens (tertiary/aromatic N) is 1. The summed E-state index contributed by atoms with van der Waals surface area (Å²) in [6.07, 6.45) is 5.47. The molecule has 0 aromatic rings. The van der Waals surface area contributed by atoms with Gasteiger partial charge in [-0.15, -0.1) is 0 Å². The maximum atomic E-state index is 5.52. The maximum Gasteiger partial charge on any atom is 0.00974 e. The zero-order valence-electron chi connectivity index (χ0n) is 6.89. The molecule has 0 amide bonds. The Morgan fingerprint density at radius 1 is 1.18 bits per heavy atom. The lowest BCUT2D eigenvalue weighted by atomic mass is 10.1. The van der Waals surface area contributed by atoms with E-state index in [4.69, 9.17) is 10.7 Å². The van der Waals surface area contributed by atoms with Crippen molar-refractivity contribution in [2.45, 2.75) is 25.7 Å². The topological polar surface area (TPSA) is 3.24 Å². The highest BCUT2D eigenvalue weighted by Gasteiger charge is 2.08. The van der Waals surface area contributed by atoms with Crippen molar-refractivity contribution >= 4 is 21.7 Å². The summed E-state index contributed by atoms with van der Waals surface area (Å²) in [4.78, 5) is 2.55. The monoisotopic (exact) mass is 193 g/mol. The Hall–Kier alpha value is 0.600. The summed E-state index contributed by atoms with van der Waals surface area (Å²) in [6, 6.07) is 0. The maximum absolute atomic E-state index is 5.52. The van der Waals surface area contributed by atoms with Crippen molar-refractivity contribution in [3.05, 3.63) is 0 Å². The molecule has 0 aromatic heterocycles. The van der Waals surface area contributed by atoms with Crippen LogP contribution in [-0.2, 0) is 0 Å². The molecular weight excluding hydrogens is 178 g/mol. The molecule has 1 nitrogen and oxygen atoms in total. The van der Waals surface area contributed by atoms with Gasteiger partial charge in [-0.25, -0.2) is 0 Å². The first-order valence-electron chi connectivity index (χ1n) is 4.39. The molecule has 0 radical (unpaired) electrons. The summed E-state index contributed by atoms with van der Waals surface area (Å²) in [6.45, 7) is 3.87. The Morgan fingerprint density at radius 3 is 2.55 bits per heavy atom. The minimum absolute atomic E-state index is 1.10. The Kier molecular flexibility index (Phi) is 5.42. The van der Waals surface area contributed by atoms with Gasteiger partial charge < -0.3 is 4.90 Å². The van der Waals surface area contributed by atoms with E-state index < -0.39 is 0 Å². The lowest BCUT2D eigenvalue weighted by molar-refractivity contribution is 0.230. The number of hydrogen-bond acceptors (Lipinski definition) is 2. The van der Waals surface area contributed by atoms with Crippen LogP contribution in [0.1, 0.15) is 25.7 Å². The van der Waals surface area contributed by atoms with E-state index in [-0.39, 0.29) is 0 Å². The molecule has 0 aromatic carbocycles. The second-order valence-corrected chi connectivity index (χ2v) is 4.35. The molecule has 0 aliphatic carbocycles. The quantitative estimate of drug-likeness (QED) is 0.632. The molecule has 1 rings (SSSR count). The third-order valence-corrected chi connectivity index (χ3v) is 3.05. The first-order chi connectivity index (χ1) is 5.43. The molecule has 0 saturated carbocycles. The van der Waals surface area contributed by atoms with Crippen LogP contribution in [0.3, 0.4) is 0 Å². The van der Waals surface area contributed by atoms with Crippen LogP contribution in [0.15, 0.2) is 0 Å². The molecular formula is C8H16ClNS. The van der Waals surface area contributed by atoms with Gasteiger partial charge in [0, 0.05) is 5.75 Å². The number of piperidine rings is 1. The van der Waals surface area contributed by atoms with Crippen molar-refractivity contribution in [3.8, 4) is 0 Å². The third kappa shape index (κ3) is 4.24. The van der Waals surface area contributed by atoms with Gasteiger partial charge in [0.05, 0.1) is 0 Å². The predicted octanol–water partition coefficient (Wildman–Crippen LogP) is 2.75. The van der Waals surface area contributed by atoms with Crippen molar-refractivity contribution in [3.63, 3.8) is 0 Å². The van der Waals surface area contributed by atoms with Crippen molar-refractivity contribution < 1.29 is 0 Å². The smallest absolute Gasteiger partial charge is 0.00974 e. The summed E-state index contributed by atoms with van der Waals surface area (Å²) in [5.74, 6) is 1.10. The van der Waals surface area contributed by atoms with Gasteiger partial charge in [-0.2, -0.15) is 0 Å². The molecule has 3 heteroatoms. The van der Waals surface area contributed by atoms with Crippen molar-refractivity contribution in [2.75, 3.05) is 25.4 Å². The van der Waals surface area contributed by atoms with Crippen LogP contribution in [0.2, 0.25) is 0 Å². The fraction of sp³-hybridized carbons (Fsp3) is 1.00. The Balaban J connectivity index is 1.96. The molecule has 0 atom stereocenters. The summed E-state index contributed by atoms with van der Waals surface area (Å²) in [5.41, 5.74) is 0. The highest BCUT2D eigenvalue weighted by atomic mass is 35.7. The Labute approximate surface area is 78.0 Å². The van der Waals surface area contributed by atoms with E-state index in [2.05, 4.69) is 4.90 Å². The van der Waals surface area contributed by atoms with Crippen molar-refractivity contribution in [1.82, 2.24) is 4.90 Å². The van der Waals surface area contributed by atoms with Crippen LogP contribution in [0, 0.1) is 0 Å². The molecule has 0 N–H and O–H groups in total. The van der Waals surface area contributed by atoms with E-state index in [1.165, 1.54) is 56.3 Å². The number of rotatable bonds is 4. The fourth-order valence-electron chi connectivity index (χ4n) is 1.53. The number of halogens is 1. The van der Waals surface area contributed by atoms with Gasteiger partial charge in [0.15, 0.2) is 0 Å². The lowest BCUT2D eigenvalue weighted by Gasteiger charge is -2.25. The molecule has 1 aliphatic heterocycles. The molecule has 0 unspecified atom stereocenters. The molecule has 0 spiro atoms. The predicted molar refractivity (Wildman–Crippen MR) is 53.2 cm³/mol. The molecule has 11 heavy (non-hydrogen) atoms. The van der Waals surface area contributed by atoms with E-state index in [0.29, 0.717) is 0 Å². The second kappa shape index (κ2) is 6.15. The molecule has 1 saturated heterocycles. The zero-order chi connectivity index (χ0) is 7.94. The molecule has 0 bridgehead atoms.